The number of piperidine rings is 1. The van der Waals surface area contributed by atoms with E-state index in [9.17, 15) is 33.2 Å². The van der Waals surface area contributed by atoms with Gasteiger partial charge >= 0.3 is 12.1 Å². The van der Waals surface area contributed by atoms with Crippen molar-refractivity contribution in [2.24, 2.45) is 5.92 Å². The number of carbonyl (C=O) groups excluding carboxylic acids is 1. The monoisotopic (exact) mass is 695 g/mol. The number of halogens is 3. The second-order valence-electron chi connectivity index (χ2n) is 12.4. The standard InChI is InChI=1S/C37H40F3N3O7/c1-4-50-35(44)13-10-27-19-33(48-2)30(34(20-27)49-3)18-25-14-16-41(17-15-25)24-36(45,37(38,39)40)31-23-42(22-26-8-6-5-7-9-26)32-21-28(43(46)47)11-12-29(31)32/h5-13,19-21,23,25,45H,4,14-18,22,24H2,1-3H3/b13-10+. The summed E-state index contributed by atoms with van der Waals surface area (Å²) in [5.74, 6) is 0.755. The van der Waals surface area contributed by atoms with E-state index in [1.54, 1.807) is 42.2 Å². The van der Waals surface area contributed by atoms with Crippen LogP contribution in [0.1, 0.15) is 42.0 Å². The van der Waals surface area contributed by atoms with Gasteiger partial charge in [0.1, 0.15) is 11.5 Å². The maximum Gasteiger partial charge on any atom is 0.422 e. The summed E-state index contributed by atoms with van der Waals surface area (Å²) in [6.07, 6.45) is 0.831. The minimum absolute atomic E-state index is 0.0981. The maximum atomic E-state index is 15.0. The number of aromatic nitrogens is 1. The molecular weight excluding hydrogens is 655 g/mol. The molecule has 5 rings (SSSR count). The van der Waals surface area contributed by atoms with Crippen molar-refractivity contribution in [2.75, 3.05) is 40.5 Å². The first-order valence-corrected chi connectivity index (χ1v) is 16.3. The first-order valence-electron chi connectivity index (χ1n) is 16.3. The molecule has 13 heteroatoms. The highest BCUT2D eigenvalue weighted by molar-refractivity contribution is 5.88. The van der Waals surface area contributed by atoms with Crippen LogP contribution in [0, 0.1) is 16.0 Å². The highest BCUT2D eigenvalue weighted by atomic mass is 19.4. The number of methoxy groups -OCH3 is 2. The molecule has 0 spiro atoms. The zero-order valence-electron chi connectivity index (χ0n) is 28.1. The van der Waals surface area contributed by atoms with Crippen LogP contribution in [0.25, 0.3) is 17.0 Å². The lowest BCUT2D eigenvalue weighted by atomic mass is 9.87. The van der Waals surface area contributed by atoms with Crippen LogP contribution in [-0.2, 0) is 28.1 Å². The van der Waals surface area contributed by atoms with Gasteiger partial charge in [0.05, 0.1) is 31.3 Å². The van der Waals surface area contributed by atoms with E-state index in [0.717, 1.165) is 17.2 Å². The quantitative estimate of drug-likeness (QED) is 0.0696. The van der Waals surface area contributed by atoms with Gasteiger partial charge in [0, 0.05) is 54.0 Å². The lowest BCUT2D eigenvalue weighted by Crippen LogP contribution is -2.52. The van der Waals surface area contributed by atoms with Crippen molar-refractivity contribution in [3.05, 3.63) is 105 Å². The predicted octanol–water partition coefficient (Wildman–Crippen LogP) is 6.90. The van der Waals surface area contributed by atoms with Crippen molar-refractivity contribution in [3.8, 4) is 11.5 Å². The Morgan fingerprint density at radius 3 is 2.28 bits per heavy atom. The lowest BCUT2D eigenvalue weighted by Gasteiger charge is -2.39. The molecule has 1 unspecified atom stereocenters. The number of hydrogen-bond donors (Lipinski definition) is 1. The van der Waals surface area contributed by atoms with Gasteiger partial charge in [-0.25, -0.2) is 4.79 Å². The van der Waals surface area contributed by atoms with Gasteiger partial charge in [0.2, 0.25) is 5.60 Å². The number of rotatable bonds is 13. The van der Waals surface area contributed by atoms with Crippen LogP contribution in [0.2, 0.25) is 0 Å². The van der Waals surface area contributed by atoms with Crippen LogP contribution in [0.5, 0.6) is 11.5 Å². The highest BCUT2D eigenvalue weighted by Crippen LogP contribution is 2.45. The molecule has 50 heavy (non-hydrogen) atoms. The maximum absolute atomic E-state index is 15.0. The first-order chi connectivity index (χ1) is 23.9. The smallest absolute Gasteiger partial charge is 0.422 e. The van der Waals surface area contributed by atoms with E-state index < -0.39 is 29.2 Å². The molecule has 0 amide bonds. The zero-order valence-corrected chi connectivity index (χ0v) is 28.1. The molecule has 0 aliphatic carbocycles. The molecule has 1 aliphatic rings. The van der Waals surface area contributed by atoms with E-state index in [0.29, 0.717) is 49.4 Å². The van der Waals surface area contributed by atoms with Gasteiger partial charge in [0.15, 0.2) is 0 Å². The SMILES string of the molecule is CCOC(=O)/C=C/c1cc(OC)c(CC2CCN(CC(O)(c3cn(Cc4ccccc4)c4cc([N+](=O)[O-])ccc34)C(F)(F)F)CC2)c(OC)c1. The number of esters is 1. The van der Waals surface area contributed by atoms with E-state index in [4.69, 9.17) is 14.2 Å². The first kappa shape index (κ1) is 36.4. The number of alkyl halides is 3. The fraction of sp³-hybridized carbons (Fsp3) is 0.378. The minimum Gasteiger partial charge on any atom is -0.496 e. The molecule has 3 aromatic carbocycles. The predicted molar refractivity (Wildman–Crippen MR) is 182 cm³/mol. The molecule has 10 nitrogen and oxygen atoms in total. The molecule has 1 aromatic heterocycles. The molecule has 2 heterocycles. The van der Waals surface area contributed by atoms with E-state index in [2.05, 4.69) is 0 Å². The number of β-amino-alcohol motifs (C(OH)–C–C–N with tert-alkyl or cyclic N) is 1. The number of non-ortho nitro benzene ring substituents is 1. The van der Waals surface area contributed by atoms with E-state index in [1.165, 1.54) is 43.2 Å². The number of ether oxygens (including phenoxy) is 3. The number of fused-ring (bicyclic) bond motifs is 1. The Balaban J connectivity index is 1.37. The van der Waals surface area contributed by atoms with Crippen LogP contribution in [-0.4, -0.2) is 72.1 Å². The molecule has 266 valence electrons. The van der Waals surface area contributed by atoms with Crippen molar-refractivity contribution < 1.29 is 42.2 Å². The Labute approximate surface area is 287 Å². The van der Waals surface area contributed by atoms with Crippen molar-refractivity contribution >= 4 is 28.6 Å². The highest BCUT2D eigenvalue weighted by Gasteiger charge is 2.57. The van der Waals surface area contributed by atoms with Gasteiger partial charge in [0.25, 0.3) is 5.69 Å². The van der Waals surface area contributed by atoms with Crippen molar-refractivity contribution in [1.82, 2.24) is 9.47 Å². The van der Waals surface area contributed by atoms with Gasteiger partial charge in [-0.05, 0) is 80.6 Å². The third kappa shape index (κ3) is 7.95. The van der Waals surface area contributed by atoms with Crippen LogP contribution < -0.4 is 9.47 Å². The Kier molecular flexibility index (Phi) is 11.2. The number of aliphatic hydroxyl groups is 1. The summed E-state index contributed by atoms with van der Waals surface area (Å²) in [5.41, 5.74) is -1.34. The zero-order chi connectivity index (χ0) is 36.1. The molecule has 0 saturated carbocycles. The molecule has 1 saturated heterocycles. The molecule has 0 bridgehead atoms. The Morgan fingerprint density at radius 2 is 1.70 bits per heavy atom. The van der Waals surface area contributed by atoms with Gasteiger partial charge in [-0.2, -0.15) is 13.2 Å². The van der Waals surface area contributed by atoms with Crippen molar-refractivity contribution in [3.63, 3.8) is 0 Å². The van der Waals surface area contributed by atoms with Crippen molar-refractivity contribution in [2.45, 2.75) is 44.5 Å². The molecule has 0 radical (unpaired) electrons. The third-order valence-electron chi connectivity index (χ3n) is 9.17. The summed E-state index contributed by atoms with van der Waals surface area (Å²) in [7, 11) is 3.07. The summed E-state index contributed by atoms with van der Waals surface area (Å²) in [5, 5.41) is 23.3. The largest absolute Gasteiger partial charge is 0.496 e. The summed E-state index contributed by atoms with van der Waals surface area (Å²) in [4.78, 5) is 24.4. The molecular formula is C37H40F3N3O7. The van der Waals surface area contributed by atoms with Gasteiger partial charge < -0.3 is 23.9 Å². The van der Waals surface area contributed by atoms with Gasteiger partial charge in [-0.15, -0.1) is 0 Å². The van der Waals surface area contributed by atoms with E-state index in [1.807, 2.05) is 18.2 Å². The molecule has 1 aliphatic heterocycles. The number of nitro benzene ring substituents is 1. The topological polar surface area (TPSA) is 116 Å². The molecule has 1 N–H and O–H groups in total. The van der Waals surface area contributed by atoms with Crippen LogP contribution in [0.15, 0.2) is 72.9 Å². The minimum atomic E-state index is -5.04. The van der Waals surface area contributed by atoms with Gasteiger partial charge in [-0.3, -0.25) is 15.0 Å². The number of likely N-dealkylation sites (tertiary alicyclic amines) is 1. The van der Waals surface area contributed by atoms with Crippen LogP contribution in [0.4, 0.5) is 18.9 Å². The average Bonchev–Trinajstić information content (AvgIpc) is 3.46. The second-order valence-corrected chi connectivity index (χ2v) is 12.4. The van der Waals surface area contributed by atoms with Crippen molar-refractivity contribution in [1.29, 1.82) is 0 Å². The summed E-state index contributed by atoms with van der Waals surface area (Å²) < 4.78 is 62.7. The normalized spacial score (nSPS) is 15.7. The Morgan fingerprint density at radius 1 is 1.04 bits per heavy atom. The fourth-order valence-electron chi connectivity index (χ4n) is 6.58. The molecule has 1 atom stereocenters. The van der Waals surface area contributed by atoms with E-state index in [-0.39, 0.29) is 41.2 Å². The number of hydrogen-bond acceptors (Lipinski definition) is 8. The lowest BCUT2D eigenvalue weighted by molar-refractivity contribution is -0.384. The average molecular weight is 696 g/mol. The summed E-state index contributed by atoms with van der Waals surface area (Å²) in [6.45, 7) is 2.06. The summed E-state index contributed by atoms with van der Waals surface area (Å²) in [6, 6.07) is 16.3. The number of benzene rings is 3. The Bertz CT molecular complexity index is 1830. The third-order valence-corrected chi connectivity index (χ3v) is 9.17. The number of carbonyl (C=O) groups is 1. The van der Waals surface area contributed by atoms with Gasteiger partial charge in [-0.1, -0.05) is 30.3 Å². The van der Waals surface area contributed by atoms with Crippen LogP contribution in [0.3, 0.4) is 0 Å². The fourth-order valence-corrected chi connectivity index (χ4v) is 6.58. The number of nitrogens with zero attached hydrogens (tertiary/aromatic N) is 3. The molecule has 1 fully saturated rings. The number of nitro groups is 1. The van der Waals surface area contributed by atoms with Crippen LogP contribution >= 0.6 is 0 Å². The second kappa shape index (κ2) is 15.3. The summed E-state index contributed by atoms with van der Waals surface area (Å²) >= 11 is 0. The Hall–Kier alpha value is -4.88. The van der Waals surface area contributed by atoms with E-state index >= 15 is 0 Å². The molecule has 4 aromatic rings.